The summed E-state index contributed by atoms with van der Waals surface area (Å²) in [6, 6.07) is 3.40. The van der Waals surface area contributed by atoms with Gasteiger partial charge in [-0.3, -0.25) is 4.79 Å². The molecule has 5 nitrogen and oxygen atoms in total. The van der Waals surface area contributed by atoms with E-state index in [0.717, 1.165) is 32.0 Å². The summed E-state index contributed by atoms with van der Waals surface area (Å²) >= 11 is 5.89. The van der Waals surface area contributed by atoms with Crippen molar-refractivity contribution >= 4 is 23.3 Å². The average molecular weight is 241 g/mol. The van der Waals surface area contributed by atoms with Crippen molar-refractivity contribution in [2.45, 2.75) is 0 Å². The van der Waals surface area contributed by atoms with Crippen molar-refractivity contribution < 1.29 is 4.79 Å². The molecule has 0 radical (unpaired) electrons. The quantitative estimate of drug-likeness (QED) is 0.727. The first-order valence-electron chi connectivity index (χ1n) is 5.10. The molecule has 1 amide bonds. The Morgan fingerprint density at radius 3 is 2.69 bits per heavy atom. The van der Waals surface area contributed by atoms with Crippen molar-refractivity contribution in [3.05, 3.63) is 22.8 Å². The number of hydrogen-bond acceptors (Lipinski definition) is 4. The lowest BCUT2D eigenvalue weighted by atomic mass is 10.2. The molecule has 2 rings (SSSR count). The largest absolute Gasteiger partial charge is 0.366 e. The van der Waals surface area contributed by atoms with Gasteiger partial charge in [-0.25, -0.2) is 4.98 Å². The number of primary amides is 1. The fourth-order valence-electron chi connectivity index (χ4n) is 1.68. The van der Waals surface area contributed by atoms with Crippen molar-refractivity contribution in [3.8, 4) is 0 Å². The molecule has 1 aromatic heterocycles. The second-order valence-corrected chi connectivity index (χ2v) is 3.97. The minimum atomic E-state index is -0.552. The number of aromatic nitrogens is 1. The number of nitrogens with zero attached hydrogens (tertiary/aromatic N) is 2. The van der Waals surface area contributed by atoms with E-state index in [1.165, 1.54) is 0 Å². The summed E-state index contributed by atoms with van der Waals surface area (Å²) in [7, 11) is 0. The molecular weight excluding hydrogens is 228 g/mol. The highest BCUT2D eigenvalue weighted by Gasteiger charge is 2.14. The van der Waals surface area contributed by atoms with Gasteiger partial charge in [0.1, 0.15) is 11.0 Å². The number of amides is 1. The van der Waals surface area contributed by atoms with Crippen LogP contribution in [0.4, 0.5) is 5.82 Å². The number of nitrogens with one attached hydrogen (secondary N) is 1. The van der Waals surface area contributed by atoms with Crippen LogP contribution in [0, 0.1) is 0 Å². The topological polar surface area (TPSA) is 71.2 Å². The van der Waals surface area contributed by atoms with Crippen LogP contribution in [0.25, 0.3) is 0 Å². The Morgan fingerprint density at radius 1 is 1.44 bits per heavy atom. The maximum Gasteiger partial charge on any atom is 0.251 e. The molecule has 6 heteroatoms. The SMILES string of the molecule is NC(=O)c1ccc(N2CCNCC2)nc1Cl. The molecule has 0 atom stereocenters. The smallest absolute Gasteiger partial charge is 0.251 e. The molecule has 1 aliphatic rings. The van der Waals surface area contributed by atoms with E-state index in [0.29, 0.717) is 0 Å². The molecule has 16 heavy (non-hydrogen) atoms. The lowest BCUT2D eigenvalue weighted by Crippen LogP contribution is -2.43. The molecule has 2 heterocycles. The predicted molar refractivity (Wildman–Crippen MR) is 62.8 cm³/mol. The van der Waals surface area contributed by atoms with Gasteiger partial charge in [-0.1, -0.05) is 11.6 Å². The fraction of sp³-hybridized carbons (Fsp3) is 0.400. The van der Waals surface area contributed by atoms with E-state index < -0.39 is 5.91 Å². The molecule has 0 aromatic carbocycles. The van der Waals surface area contributed by atoms with Gasteiger partial charge in [0, 0.05) is 26.2 Å². The highest BCUT2D eigenvalue weighted by atomic mass is 35.5. The second-order valence-electron chi connectivity index (χ2n) is 3.61. The first kappa shape index (κ1) is 11.2. The standard InChI is InChI=1S/C10H13ClN4O/c11-9-7(10(12)16)1-2-8(14-9)15-5-3-13-4-6-15/h1-2,13H,3-6H2,(H2,12,16). The zero-order valence-electron chi connectivity index (χ0n) is 8.74. The summed E-state index contributed by atoms with van der Waals surface area (Å²) in [5.74, 6) is 0.237. The zero-order valence-corrected chi connectivity index (χ0v) is 9.50. The van der Waals surface area contributed by atoms with E-state index in [1.54, 1.807) is 12.1 Å². The Morgan fingerprint density at radius 2 is 2.12 bits per heavy atom. The number of hydrogen-bond donors (Lipinski definition) is 2. The van der Waals surface area contributed by atoms with Gasteiger partial charge in [0.25, 0.3) is 5.91 Å². The Kier molecular flexibility index (Phi) is 3.26. The number of anilines is 1. The van der Waals surface area contributed by atoms with Crippen LogP contribution in [-0.4, -0.2) is 37.1 Å². The number of carbonyl (C=O) groups excluding carboxylic acids is 1. The van der Waals surface area contributed by atoms with Gasteiger partial charge in [-0.15, -0.1) is 0 Å². The van der Waals surface area contributed by atoms with Crippen LogP contribution < -0.4 is 16.0 Å². The minimum absolute atomic E-state index is 0.170. The summed E-state index contributed by atoms with van der Waals surface area (Å²) in [6.45, 7) is 3.63. The fourth-order valence-corrected chi connectivity index (χ4v) is 1.92. The molecule has 3 N–H and O–H groups in total. The van der Waals surface area contributed by atoms with Gasteiger partial charge in [0.2, 0.25) is 0 Å². The number of rotatable bonds is 2. The lowest BCUT2D eigenvalue weighted by molar-refractivity contribution is 0.1000. The normalized spacial score (nSPS) is 16.2. The third-order valence-corrected chi connectivity index (χ3v) is 2.83. The van der Waals surface area contributed by atoms with Gasteiger partial charge >= 0.3 is 0 Å². The summed E-state index contributed by atoms with van der Waals surface area (Å²) in [5.41, 5.74) is 5.42. The monoisotopic (exact) mass is 240 g/mol. The summed E-state index contributed by atoms with van der Waals surface area (Å²) in [5, 5.41) is 3.42. The Bertz CT molecular complexity index is 404. The Balaban J connectivity index is 2.23. The van der Waals surface area contributed by atoms with Gasteiger partial charge in [-0.05, 0) is 12.1 Å². The highest BCUT2D eigenvalue weighted by Crippen LogP contribution is 2.19. The molecule has 1 fully saturated rings. The molecule has 0 bridgehead atoms. The van der Waals surface area contributed by atoms with Crippen molar-refractivity contribution in [3.63, 3.8) is 0 Å². The highest BCUT2D eigenvalue weighted by molar-refractivity contribution is 6.32. The van der Waals surface area contributed by atoms with Crippen molar-refractivity contribution in [1.29, 1.82) is 0 Å². The maximum atomic E-state index is 11.0. The van der Waals surface area contributed by atoms with E-state index in [9.17, 15) is 4.79 Å². The number of carbonyl (C=O) groups is 1. The first-order valence-corrected chi connectivity index (χ1v) is 5.48. The van der Waals surface area contributed by atoms with Gasteiger partial charge in [-0.2, -0.15) is 0 Å². The molecule has 0 unspecified atom stereocenters. The number of halogens is 1. The van der Waals surface area contributed by atoms with Crippen LogP contribution in [0.15, 0.2) is 12.1 Å². The molecule has 86 valence electrons. The van der Waals surface area contributed by atoms with E-state index >= 15 is 0 Å². The third-order valence-electron chi connectivity index (χ3n) is 2.54. The number of pyridine rings is 1. The average Bonchev–Trinajstić information content (AvgIpc) is 2.29. The van der Waals surface area contributed by atoms with E-state index in [1.807, 2.05) is 0 Å². The van der Waals surface area contributed by atoms with Crippen LogP contribution in [0.3, 0.4) is 0 Å². The van der Waals surface area contributed by atoms with Crippen LogP contribution in [-0.2, 0) is 0 Å². The van der Waals surface area contributed by atoms with Crippen molar-refractivity contribution in [1.82, 2.24) is 10.3 Å². The molecule has 1 aliphatic heterocycles. The van der Waals surface area contributed by atoms with Gasteiger partial charge in [0.05, 0.1) is 5.56 Å². The first-order chi connectivity index (χ1) is 7.68. The Labute approximate surface area is 98.6 Å². The van der Waals surface area contributed by atoms with E-state index in [-0.39, 0.29) is 10.7 Å². The van der Waals surface area contributed by atoms with Crippen LogP contribution in [0.1, 0.15) is 10.4 Å². The van der Waals surface area contributed by atoms with Gasteiger partial charge in [0.15, 0.2) is 0 Å². The van der Waals surface area contributed by atoms with E-state index in [4.69, 9.17) is 17.3 Å². The number of piperazine rings is 1. The summed E-state index contributed by atoms with van der Waals surface area (Å²) in [4.78, 5) is 17.3. The molecule has 1 saturated heterocycles. The molecular formula is C10H13ClN4O. The third kappa shape index (κ3) is 2.25. The second kappa shape index (κ2) is 4.67. The molecule has 1 aromatic rings. The number of nitrogens with two attached hydrogens (primary N) is 1. The van der Waals surface area contributed by atoms with Crippen LogP contribution in [0.5, 0.6) is 0 Å². The zero-order chi connectivity index (χ0) is 11.5. The molecule has 0 spiro atoms. The molecule has 0 saturated carbocycles. The van der Waals surface area contributed by atoms with Crippen molar-refractivity contribution in [2.24, 2.45) is 5.73 Å². The minimum Gasteiger partial charge on any atom is -0.366 e. The van der Waals surface area contributed by atoms with Gasteiger partial charge < -0.3 is 16.0 Å². The maximum absolute atomic E-state index is 11.0. The molecule has 0 aliphatic carbocycles. The summed E-state index contributed by atoms with van der Waals surface area (Å²) in [6.07, 6.45) is 0. The van der Waals surface area contributed by atoms with Crippen molar-refractivity contribution in [2.75, 3.05) is 31.1 Å². The lowest BCUT2D eigenvalue weighted by Gasteiger charge is -2.28. The van der Waals surface area contributed by atoms with Crippen LogP contribution in [0.2, 0.25) is 5.15 Å². The van der Waals surface area contributed by atoms with E-state index in [2.05, 4.69) is 15.2 Å². The summed E-state index contributed by atoms with van der Waals surface area (Å²) < 4.78 is 0. The van der Waals surface area contributed by atoms with Crippen LogP contribution >= 0.6 is 11.6 Å². The Hall–Kier alpha value is -1.33. The predicted octanol–water partition coefficient (Wildman–Crippen LogP) is 0.243.